The molecule has 0 bridgehead atoms. The molecule has 1 fully saturated rings. The molecule has 25 heavy (non-hydrogen) atoms. The van der Waals surface area contributed by atoms with Crippen LogP contribution in [0.2, 0.25) is 0 Å². The van der Waals surface area contributed by atoms with E-state index in [0.29, 0.717) is 18.7 Å². The number of benzene rings is 1. The van der Waals surface area contributed by atoms with Crippen molar-refractivity contribution in [1.82, 2.24) is 10.2 Å². The predicted molar refractivity (Wildman–Crippen MR) is 100 cm³/mol. The third-order valence-corrected chi connectivity index (χ3v) is 4.65. The van der Waals surface area contributed by atoms with Crippen LogP contribution in [-0.2, 0) is 4.79 Å². The molecule has 5 heteroatoms. The van der Waals surface area contributed by atoms with Crippen molar-refractivity contribution in [2.24, 2.45) is 0 Å². The predicted octanol–water partition coefficient (Wildman–Crippen LogP) is 3.23. The van der Waals surface area contributed by atoms with Gasteiger partial charge in [-0.15, -0.1) is 0 Å². The van der Waals surface area contributed by atoms with Gasteiger partial charge in [0.2, 0.25) is 0 Å². The highest BCUT2D eigenvalue weighted by molar-refractivity contribution is 5.81. The van der Waals surface area contributed by atoms with E-state index < -0.39 is 6.10 Å². The summed E-state index contributed by atoms with van der Waals surface area (Å²) < 4.78 is 10.9. The summed E-state index contributed by atoms with van der Waals surface area (Å²) in [6.45, 7) is 6.14. The van der Waals surface area contributed by atoms with Crippen molar-refractivity contribution in [1.29, 1.82) is 0 Å². The highest BCUT2D eigenvalue weighted by Crippen LogP contribution is 2.19. The van der Waals surface area contributed by atoms with Crippen molar-refractivity contribution < 1.29 is 14.3 Å². The molecule has 1 saturated heterocycles. The molecule has 1 aliphatic heterocycles. The lowest BCUT2D eigenvalue weighted by atomic mass is 10.2. The van der Waals surface area contributed by atoms with Gasteiger partial charge >= 0.3 is 0 Å². The highest BCUT2D eigenvalue weighted by atomic mass is 16.5. The van der Waals surface area contributed by atoms with Gasteiger partial charge in [-0.1, -0.05) is 19.8 Å². The largest absolute Gasteiger partial charge is 0.497 e. The van der Waals surface area contributed by atoms with Crippen molar-refractivity contribution in [3.05, 3.63) is 24.3 Å². The van der Waals surface area contributed by atoms with Crippen LogP contribution in [-0.4, -0.2) is 50.2 Å². The molecule has 140 valence electrons. The average Bonchev–Trinajstić information content (AvgIpc) is 2.92. The molecule has 0 aliphatic carbocycles. The van der Waals surface area contributed by atoms with Crippen molar-refractivity contribution in [3.63, 3.8) is 0 Å². The van der Waals surface area contributed by atoms with Gasteiger partial charge in [0.15, 0.2) is 6.10 Å². The molecule has 2 rings (SSSR count). The first kappa shape index (κ1) is 19.6. The third-order valence-electron chi connectivity index (χ3n) is 4.65. The van der Waals surface area contributed by atoms with Gasteiger partial charge < -0.3 is 19.7 Å². The molecular weight excluding hydrogens is 316 g/mol. The van der Waals surface area contributed by atoms with E-state index in [2.05, 4.69) is 10.2 Å². The second-order valence-corrected chi connectivity index (χ2v) is 6.59. The Balaban J connectivity index is 1.69. The van der Waals surface area contributed by atoms with Gasteiger partial charge in [0.25, 0.3) is 5.91 Å². The zero-order valence-corrected chi connectivity index (χ0v) is 15.6. The number of methoxy groups -OCH3 is 1. The van der Waals surface area contributed by atoms with E-state index in [4.69, 9.17) is 9.47 Å². The van der Waals surface area contributed by atoms with Crippen LogP contribution in [0.1, 0.15) is 45.4 Å². The van der Waals surface area contributed by atoms with Gasteiger partial charge in [-0.3, -0.25) is 4.79 Å². The molecule has 1 amide bonds. The summed E-state index contributed by atoms with van der Waals surface area (Å²) in [7, 11) is 1.63. The summed E-state index contributed by atoms with van der Waals surface area (Å²) in [5.41, 5.74) is 0. The van der Waals surface area contributed by atoms with Gasteiger partial charge in [0.1, 0.15) is 11.5 Å². The van der Waals surface area contributed by atoms with Crippen LogP contribution >= 0.6 is 0 Å². The average molecular weight is 348 g/mol. The molecule has 0 radical (unpaired) electrons. The van der Waals surface area contributed by atoms with Crippen LogP contribution in [0.5, 0.6) is 11.5 Å². The fourth-order valence-electron chi connectivity index (χ4n) is 3.13. The lowest BCUT2D eigenvalue weighted by Crippen LogP contribution is -2.39. The number of nitrogens with zero attached hydrogens (tertiary/aromatic N) is 1. The van der Waals surface area contributed by atoms with Gasteiger partial charge in [0.05, 0.1) is 7.11 Å². The first-order chi connectivity index (χ1) is 12.2. The van der Waals surface area contributed by atoms with Gasteiger partial charge in [-0.05, 0) is 69.6 Å². The minimum Gasteiger partial charge on any atom is -0.497 e. The van der Waals surface area contributed by atoms with E-state index in [9.17, 15) is 4.79 Å². The number of rotatable bonds is 9. The molecule has 1 aliphatic rings. The van der Waals surface area contributed by atoms with Crippen LogP contribution < -0.4 is 14.8 Å². The Morgan fingerprint density at radius 3 is 2.36 bits per heavy atom. The zero-order chi connectivity index (χ0) is 17.9. The van der Waals surface area contributed by atoms with E-state index in [1.165, 1.54) is 38.8 Å². The Bertz CT molecular complexity index is 496. The molecule has 0 unspecified atom stereocenters. The van der Waals surface area contributed by atoms with Crippen LogP contribution in [0.3, 0.4) is 0 Å². The number of hydrogen-bond acceptors (Lipinski definition) is 4. The van der Waals surface area contributed by atoms with Crippen molar-refractivity contribution >= 4 is 5.91 Å². The van der Waals surface area contributed by atoms with Crippen LogP contribution in [0.25, 0.3) is 0 Å². The number of ether oxygens (including phenoxy) is 2. The first-order valence-corrected chi connectivity index (χ1v) is 9.53. The topological polar surface area (TPSA) is 50.8 Å². The molecule has 1 atom stereocenters. The lowest BCUT2D eigenvalue weighted by Gasteiger charge is -2.20. The summed E-state index contributed by atoms with van der Waals surface area (Å²) in [6.07, 6.45) is 6.50. The minimum atomic E-state index is -0.452. The number of carbonyl (C=O) groups is 1. The molecular formula is C20H32N2O3. The van der Waals surface area contributed by atoms with E-state index in [-0.39, 0.29) is 5.91 Å². The lowest BCUT2D eigenvalue weighted by molar-refractivity contribution is -0.128. The normalized spacial score (nSPS) is 16.7. The summed E-state index contributed by atoms with van der Waals surface area (Å²) in [6, 6.07) is 7.32. The quantitative estimate of drug-likeness (QED) is 0.696. The number of carbonyl (C=O) groups excluding carboxylic acids is 1. The Kier molecular flexibility index (Phi) is 8.60. The van der Waals surface area contributed by atoms with Gasteiger partial charge in [-0.2, -0.15) is 0 Å². The SMILES string of the molecule is CC[C@@H](Oc1ccc(OC)cc1)C(=O)NCCCN1CCCCCC1. The van der Waals surface area contributed by atoms with Crippen LogP contribution in [0.4, 0.5) is 0 Å². The maximum absolute atomic E-state index is 12.3. The maximum Gasteiger partial charge on any atom is 0.261 e. The number of likely N-dealkylation sites (tertiary alicyclic amines) is 1. The molecule has 0 aromatic heterocycles. The molecule has 0 spiro atoms. The summed E-state index contributed by atoms with van der Waals surface area (Å²) in [5, 5.41) is 3.02. The zero-order valence-electron chi connectivity index (χ0n) is 15.6. The van der Waals surface area contributed by atoms with Crippen LogP contribution in [0.15, 0.2) is 24.3 Å². The Hall–Kier alpha value is -1.75. The monoisotopic (exact) mass is 348 g/mol. The fourth-order valence-corrected chi connectivity index (χ4v) is 3.13. The summed E-state index contributed by atoms with van der Waals surface area (Å²) in [4.78, 5) is 14.9. The van der Waals surface area contributed by atoms with Gasteiger partial charge in [-0.25, -0.2) is 0 Å². The van der Waals surface area contributed by atoms with E-state index in [0.717, 1.165) is 18.7 Å². The van der Waals surface area contributed by atoms with Gasteiger partial charge in [0, 0.05) is 6.54 Å². The van der Waals surface area contributed by atoms with E-state index in [1.54, 1.807) is 7.11 Å². The number of hydrogen-bond donors (Lipinski definition) is 1. The Morgan fingerprint density at radius 2 is 1.76 bits per heavy atom. The second kappa shape index (κ2) is 11.0. The van der Waals surface area contributed by atoms with Crippen LogP contribution in [0, 0.1) is 0 Å². The highest BCUT2D eigenvalue weighted by Gasteiger charge is 2.18. The smallest absolute Gasteiger partial charge is 0.261 e. The molecule has 1 aromatic rings. The van der Waals surface area contributed by atoms with Crippen molar-refractivity contribution in [2.45, 2.75) is 51.6 Å². The molecule has 5 nitrogen and oxygen atoms in total. The van der Waals surface area contributed by atoms with Crippen molar-refractivity contribution in [3.8, 4) is 11.5 Å². The van der Waals surface area contributed by atoms with Crippen molar-refractivity contribution in [2.75, 3.05) is 33.3 Å². The maximum atomic E-state index is 12.3. The fraction of sp³-hybridized carbons (Fsp3) is 0.650. The Morgan fingerprint density at radius 1 is 1.12 bits per heavy atom. The first-order valence-electron chi connectivity index (χ1n) is 9.53. The third kappa shape index (κ3) is 6.94. The summed E-state index contributed by atoms with van der Waals surface area (Å²) in [5.74, 6) is 1.43. The molecule has 1 aromatic carbocycles. The van der Waals surface area contributed by atoms with E-state index in [1.807, 2.05) is 31.2 Å². The van der Waals surface area contributed by atoms with E-state index >= 15 is 0 Å². The molecule has 0 saturated carbocycles. The molecule has 1 N–H and O–H groups in total. The molecule has 1 heterocycles. The Labute approximate surface area is 151 Å². The second-order valence-electron chi connectivity index (χ2n) is 6.59. The summed E-state index contributed by atoms with van der Waals surface area (Å²) >= 11 is 0. The number of nitrogens with one attached hydrogen (secondary N) is 1. The number of amides is 1. The standard InChI is InChI=1S/C20H32N2O3/c1-3-19(25-18-11-9-17(24-2)10-12-18)20(23)21-13-8-16-22-14-6-4-5-7-15-22/h9-12,19H,3-8,13-16H2,1-2H3,(H,21,23)/t19-/m1/s1. The minimum absolute atomic E-state index is 0.0332.